The van der Waals surface area contributed by atoms with Crippen LogP contribution in [-0.4, -0.2) is 25.5 Å². The number of nitrogen functional groups attached to an aromatic ring is 1. The molecular weight excluding hydrogens is 412 g/mol. The van der Waals surface area contributed by atoms with E-state index in [1.807, 2.05) is 12.1 Å². The minimum atomic E-state index is -0.758. The van der Waals surface area contributed by atoms with Gasteiger partial charge in [0.2, 0.25) is 0 Å². The number of nitriles is 1. The van der Waals surface area contributed by atoms with Crippen molar-refractivity contribution in [3.8, 4) is 28.6 Å². The average Bonchev–Trinajstić information content (AvgIpc) is 3.08. The molecule has 1 aliphatic rings. The van der Waals surface area contributed by atoms with Crippen molar-refractivity contribution in [1.29, 1.82) is 5.26 Å². The quantitative estimate of drug-likeness (QED) is 0.494. The number of hydrogen-bond donors (Lipinski definition) is 2. The van der Waals surface area contributed by atoms with E-state index >= 15 is 0 Å². The summed E-state index contributed by atoms with van der Waals surface area (Å²) in [5.74, 6) is -0.859. The number of aliphatic hydroxyl groups is 1. The second-order valence-electron chi connectivity index (χ2n) is 8.45. The van der Waals surface area contributed by atoms with Crippen molar-refractivity contribution in [2.45, 2.75) is 31.4 Å². The molecule has 6 nitrogen and oxygen atoms in total. The third-order valence-corrected chi connectivity index (χ3v) is 5.93. The van der Waals surface area contributed by atoms with Crippen molar-refractivity contribution in [3.63, 3.8) is 0 Å². The van der Waals surface area contributed by atoms with E-state index in [1.54, 1.807) is 29.8 Å². The molecule has 0 amide bonds. The highest BCUT2D eigenvalue weighted by atomic mass is 19.1. The molecule has 1 saturated carbocycles. The lowest BCUT2D eigenvalue weighted by Gasteiger charge is -2.41. The van der Waals surface area contributed by atoms with Gasteiger partial charge in [-0.05, 0) is 50.1 Å². The minimum absolute atomic E-state index is 0.0700. The Balaban J connectivity index is 1.59. The Kier molecular flexibility index (Phi) is 4.46. The molecule has 1 aliphatic carbocycles. The molecule has 0 unspecified atom stereocenters. The molecule has 0 atom stereocenters. The van der Waals surface area contributed by atoms with Crippen LogP contribution in [0.15, 0.2) is 48.5 Å². The molecule has 160 valence electrons. The maximum Gasteiger partial charge on any atom is 0.140 e. The molecular formula is C24H19F2N5O. The van der Waals surface area contributed by atoms with Crippen molar-refractivity contribution < 1.29 is 13.9 Å². The molecule has 0 bridgehead atoms. The summed E-state index contributed by atoms with van der Waals surface area (Å²) in [6.45, 7) is 1.75. The zero-order valence-corrected chi connectivity index (χ0v) is 17.2. The molecule has 2 aromatic carbocycles. The average molecular weight is 431 g/mol. The summed E-state index contributed by atoms with van der Waals surface area (Å²) >= 11 is 0. The smallest absolute Gasteiger partial charge is 0.140 e. The second-order valence-corrected chi connectivity index (χ2v) is 8.45. The summed E-state index contributed by atoms with van der Waals surface area (Å²) in [5.41, 5.74) is 7.66. The molecule has 4 aromatic rings. The summed E-state index contributed by atoms with van der Waals surface area (Å²) in [7, 11) is 0. The summed E-state index contributed by atoms with van der Waals surface area (Å²) < 4.78 is 29.5. The van der Waals surface area contributed by atoms with Gasteiger partial charge in [0.05, 0.1) is 22.9 Å². The monoisotopic (exact) mass is 431 g/mol. The van der Waals surface area contributed by atoms with E-state index in [4.69, 9.17) is 5.73 Å². The van der Waals surface area contributed by atoms with E-state index in [-0.39, 0.29) is 23.0 Å². The molecule has 0 aliphatic heterocycles. The number of fused-ring (bicyclic) bond motifs is 1. The van der Waals surface area contributed by atoms with Crippen LogP contribution in [0.1, 0.15) is 31.4 Å². The van der Waals surface area contributed by atoms with Crippen LogP contribution >= 0.6 is 0 Å². The summed E-state index contributed by atoms with van der Waals surface area (Å²) in [6.07, 6.45) is 1.01. The fourth-order valence-electron chi connectivity index (χ4n) is 4.27. The first kappa shape index (κ1) is 20.1. The van der Waals surface area contributed by atoms with Crippen molar-refractivity contribution in [2.24, 2.45) is 0 Å². The second kappa shape index (κ2) is 7.11. The maximum absolute atomic E-state index is 14.2. The number of hydrogen-bond acceptors (Lipinski definition) is 5. The van der Waals surface area contributed by atoms with E-state index in [1.165, 1.54) is 0 Å². The first-order valence-electron chi connectivity index (χ1n) is 10.1. The van der Waals surface area contributed by atoms with Crippen molar-refractivity contribution in [2.75, 3.05) is 5.73 Å². The van der Waals surface area contributed by atoms with Gasteiger partial charge < -0.3 is 10.8 Å². The van der Waals surface area contributed by atoms with Crippen LogP contribution in [0.3, 0.4) is 0 Å². The molecule has 0 radical (unpaired) electrons. The third kappa shape index (κ3) is 3.27. The largest absolute Gasteiger partial charge is 0.390 e. The number of benzene rings is 2. The van der Waals surface area contributed by atoms with Crippen LogP contribution in [0.2, 0.25) is 0 Å². The van der Waals surface area contributed by atoms with E-state index in [9.17, 15) is 19.1 Å². The van der Waals surface area contributed by atoms with Gasteiger partial charge in [-0.3, -0.25) is 0 Å². The molecule has 3 N–H and O–H groups in total. The van der Waals surface area contributed by atoms with Gasteiger partial charge in [-0.2, -0.15) is 10.4 Å². The summed E-state index contributed by atoms with van der Waals surface area (Å²) in [4.78, 5) is 4.51. The van der Waals surface area contributed by atoms with Gasteiger partial charge in [-0.15, -0.1) is 0 Å². The van der Waals surface area contributed by atoms with Gasteiger partial charge in [0.25, 0.3) is 0 Å². The fraction of sp³-hybridized carbons (Fsp3) is 0.208. The summed E-state index contributed by atoms with van der Waals surface area (Å²) in [6, 6.07) is 14.1. The molecule has 32 heavy (non-hydrogen) atoms. The van der Waals surface area contributed by atoms with E-state index in [0.29, 0.717) is 35.3 Å². The molecule has 1 fully saturated rings. The van der Waals surface area contributed by atoms with Gasteiger partial charge in [0, 0.05) is 16.5 Å². The Morgan fingerprint density at radius 3 is 2.62 bits per heavy atom. The number of pyridine rings is 1. The predicted molar refractivity (Wildman–Crippen MR) is 116 cm³/mol. The zero-order chi connectivity index (χ0) is 22.6. The summed E-state index contributed by atoms with van der Waals surface area (Å²) in [5, 5.41) is 25.1. The number of halogens is 2. The van der Waals surface area contributed by atoms with Crippen LogP contribution in [0.5, 0.6) is 0 Å². The van der Waals surface area contributed by atoms with E-state index in [2.05, 4.69) is 16.2 Å². The first-order chi connectivity index (χ1) is 15.3. The van der Waals surface area contributed by atoms with Gasteiger partial charge in [-0.25, -0.2) is 18.4 Å². The van der Waals surface area contributed by atoms with Gasteiger partial charge >= 0.3 is 0 Å². The lowest BCUT2D eigenvalue weighted by molar-refractivity contribution is -0.0535. The Morgan fingerprint density at radius 1 is 1.16 bits per heavy atom. The van der Waals surface area contributed by atoms with Crippen molar-refractivity contribution in [3.05, 3.63) is 65.7 Å². The normalized spacial score (nSPS) is 20.2. The van der Waals surface area contributed by atoms with Gasteiger partial charge in [-0.1, -0.05) is 18.2 Å². The molecule has 2 aromatic heterocycles. The standard InChI is InChI=1S/C24H19F2N5O/c1-24(32)10-16(11-24)31-23(28)18(12-27)22(30-31)14-3-2-13-4-7-20(29-21(13)8-14)17-9-15(25)5-6-19(17)26/h2-9,16,32H,10-11,28H2,1H3. The van der Waals surface area contributed by atoms with Crippen LogP contribution < -0.4 is 5.73 Å². The zero-order valence-electron chi connectivity index (χ0n) is 17.2. The number of aromatic nitrogens is 3. The molecule has 8 heteroatoms. The minimum Gasteiger partial charge on any atom is -0.390 e. The molecule has 0 spiro atoms. The Hall–Kier alpha value is -3.83. The predicted octanol–water partition coefficient (Wildman–Crippen LogP) is 4.58. The number of rotatable bonds is 3. The highest BCUT2D eigenvalue weighted by molar-refractivity contribution is 5.87. The Morgan fingerprint density at radius 2 is 1.91 bits per heavy atom. The number of nitrogens with two attached hydrogens (primary N) is 1. The lowest BCUT2D eigenvalue weighted by Crippen LogP contribution is -2.42. The number of nitrogens with zero attached hydrogens (tertiary/aromatic N) is 4. The van der Waals surface area contributed by atoms with Crippen LogP contribution in [0, 0.1) is 23.0 Å². The molecule has 2 heterocycles. The van der Waals surface area contributed by atoms with Crippen LogP contribution in [0.25, 0.3) is 33.4 Å². The SMILES string of the molecule is CC1(O)CC(n2nc(-c3ccc4ccc(-c5cc(F)ccc5F)nc4c3)c(C#N)c2N)C1. The van der Waals surface area contributed by atoms with Crippen molar-refractivity contribution >= 4 is 16.7 Å². The maximum atomic E-state index is 14.2. The highest BCUT2D eigenvalue weighted by Gasteiger charge is 2.41. The molecule has 5 rings (SSSR count). The number of anilines is 1. The van der Waals surface area contributed by atoms with E-state index in [0.717, 1.165) is 23.6 Å². The highest BCUT2D eigenvalue weighted by Crippen LogP contribution is 2.43. The topological polar surface area (TPSA) is 101 Å². The van der Waals surface area contributed by atoms with E-state index < -0.39 is 17.2 Å². The van der Waals surface area contributed by atoms with Crippen LogP contribution in [-0.2, 0) is 0 Å². The lowest BCUT2D eigenvalue weighted by atomic mass is 9.77. The fourth-order valence-corrected chi connectivity index (χ4v) is 4.27. The molecule has 0 saturated heterocycles. The Labute approximate surface area is 182 Å². The first-order valence-corrected chi connectivity index (χ1v) is 10.1. The van der Waals surface area contributed by atoms with Gasteiger partial charge in [0.15, 0.2) is 0 Å². The Bertz CT molecular complexity index is 1410. The van der Waals surface area contributed by atoms with Gasteiger partial charge in [0.1, 0.15) is 34.8 Å². The van der Waals surface area contributed by atoms with Crippen molar-refractivity contribution in [1.82, 2.24) is 14.8 Å². The third-order valence-electron chi connectivity index (χ3n) is 5.93. The van der Waals surface area contributed by atoms with Crippen LogP contribution in [0.4, 0.5) is 14.6 Å².